The lowest BCUT2D eigenvalue weighted by Gasteiger charge is -2.31. The molecular weight excluding hydrogens is 467 g/mol. The van der Waals surface area contributed by atoms with E-state index in [1.54, 1.807) is 6.07 Å². The number of aromatic nitrogens is 2. The fraction of sp³-hybridized carbons (Fsp3) is 0.304. The third-order valence-electron chi connectivity index (χ3n) is 5.47. The van der Waals surface area contributed by atoms with Crippen LogP contribution < -0.4 is 4.90 Å². The fourth-order valence-corrected chi connectivity index (χ4v) is 6.01. The van der Waals surface area contributed by atoms with Crippen molar-refractivity contribution in [1.29, 1.82) is 0 Å². The summed E-state index contributed by atoms with van der Waals surface area (Å²) in [7, 11) is -1.86. The number of anilines is 1. The van der Waals surface area contributed by atoms with Crippen molar-refractivity contribution in [3.63, 3.8) is 0 Å². The molecule has 9 heteroatoms. The molecule has 0 radical (unpaired) electrons. The summed E-state index contributed by atoms with van der Waals surface area (Å²) in [6.07, 6.45) is 1.43. The Bertz CT molecular complexity index is 1240. The Kier molecular flexibility index (Phi) is 6.72. The molecule has 0 bridgehead atoms. The number of hydrogen-bond acceptors (Lipinski definition) is 5. The average molecular weight is 491 g/mol. The fourth-order valence-electron chi connectivity index (χ4n) is 3.86. The van der Waals surface area contributed by atoms with Crippen molar-refractivity contribution in [2.24, 2.45) is 0 Å². The molecule has 32 heavy (non-hydrogen) atoms. The molecule has 0 atom stereocenters. The molecule has 0 aliphatic carbocycles. The van der Waals surface area contributed by atoms with Gasteiger partial charge in [0.1, 0.15) is 10.7 Å². The number of benzene rings is 2. The van der Waals surface area contributed by atoms with E-state index in [1.807, 2.05) is 37.4 Å². The molecule has 0 amide bonds. The molecule has 2 heterocycles. The van der Waals surface area contributed by atoms with Crippen molar-refractivity contribution in [3.05, 3.63) is 69.8 Å². The van der Waals surface area contributed by atoms with Gasteiger partial charge in [0.15, 0.2) is 5.82 Å². The summed E-state index contributed by atoms with van der Waals surface area (Å²) in [5, 5.41) is 0.476. The van der Waals surface area contributed by atoms with Gasteiger partial charge in [0.25, 0.3) is 0 Å². The van der Waals surface area contributed by atoms with Crippen LogP contribution in [0.4, 0.5) is 5.82 Å². The topological polar surface area (TPSA) is 66.4 Å². The van der Waals surface area contributed by atoms with Crippen molar-refractivity contribution in [2.75, 3.05) is 25.0 Å². The minimum Gasteiger partial charge on any atom is -0.359 e. The molecule has 0 saturated heterocycles. The van der Waals surface area contributed by atoms with Crippen molar-refractivity contribution >= 4 is 39.0 Å². The van der Waals surface area contributed by atoms with E-state index >= 15 is 0 Å². The second-order valence-electron chi connectivity index (χ2n) is 7.75. The third kappa shape index (κ3) is 4.48. The molecule has 4 rings (SSSR count). The highest BCUT2D eigenvalue weighted by atomic mass is 35.5. The van der Waals surface area contributed by atoms with Gasteiger partial charge in [-0.2, -0.15) is 4.31 Å². The van der Waals surface area contributed by atoms with Gasteiger partial charge in [-0.15, -0.1) is 0 Å². The van der Waals surface area contributed by atoms with Gasteiger partial charge in [-0.3, -0.25) is 0 Å². The first kappa shape index (κ1) is 23.0. The molecular formula is C23H24Cl2N4O2S. The lowest BCUT2D eigenvalue weighted by molar-refractivity contribution is 0.387. The number of sulfonamides is 1. The normalized spacial score (nSPS) is 14.2. The molecule has 6 nitrogen and oxygen atoms in total. The Balaban J connectivity index is 1.77. The lowest BCUT2D eigenvalue weighted by Crippen LogP contribution is -2.38. The smallest absolute Gasteiger partial charge is 0.244 e. The minimum absolute atomic E-state index is 0.0143. The Hall–Kier alpha value is -2.19. The highest BCUT2D eigenvalue weighted by Gasteiger charge is 2.33. The van der Waals surface area contributed by atoms with Crippen molar-refractivity contribution < 1.29 is 8.42 Å². The summed E-state index contributed by atoms with van der Waals surface area (Å²) in [5.41, 5.74) is 2.64. The SMILES string of the molecule is CCCN(C)c1nc(-c2ccccc2)nc2c1CN(S(=O)(=O)c1cc(Cl)ccc1Cl)CC2. The predicted octanol–water partition coefficient (Wildman–Crippen LogP) is 5.04. The highest BCUT2D eigenvalue weighted by Crippen LogP contribution is 2.34. The van der Waals surface area contributed by atoms with Crippen LogP contribution in [0, 0.1) is 0 Å². The second-order valence-corrected chi connectivity index (χ2v) is 10.5. The van der Waals surface area contributed by atoms with Crippen molar-refractivity contribution in [2.45, 2.75) is 31.2 Å². The van der Waals surface area contributed by atoms with Gasteiger partial charge >= 0.3 is 0 Å². The van der Waals surface area contributed by atoms with E-state index in [0.29, 0.717) is 23.8 Å². The molecule has 0 saturated carbocycles. The van der Waals surface area contributed by atoms with E-state index in [0.717, 1.165) is 35.6 Å². The van der Waals surface area contributed by atoms with E-state index in [9.17, 15) is 8.42 Å². The Morgan fingerprint density at radius 2 is 1.84 bits per heavy atom. The first-order chi connectivity index (χ1) is 15.3. The van der Waals surface area contributed by atoms with Crippen LogP contribution in [0.1, 0.15) is 24.6 Å². The quantitative estimate of drug-likeness (QED) is 0.483. The molecule has 1 aliphatic heterocycles. The largest absolute Gasteiger partial charge is 0.359 e. The summed E-state index contributed by atoms with van der Waals surface area (Å²) in [5.74, 6) is 1.41. The summed E-state index contributed by atoms with van der Waals surface area (Å²) in [6.45, 7) is 3.38. The maximum Gasteiger partial charge on any atom is 0.244 e. The number of halogens is 2. The Labute approximate surface area is 198 Å². The number of rotatable bonds is 6. The molecule has 168 valence electrons. The zero-order valence-corrected chi connectivity index (χ0v) is 20.3. The number of nitrogens with zero attached hydrogens (tertiary/aromatic N) is 4. The summed E-state index contributed by atoms with van der Waals surface area (Å²) in [6, 6.07) is 14.3. The van der Waals surface area contributed by atoms with E-state index in [-0.39, 0.29) is 16.5 Å². The van der Waals surface area contributed by atoms with Crippen LogP contribution in [-0.4, -0.2) is 42.8 Å². The van der Waals surface area contributed by atoms with Crippen LogP contribution >= 0.6 is 23.2 Å². The minimum atomic E-state index is -3.83. The molecule has 0 fully saturated rings. The van der Waals surface area contributed by atoms with Crippen LogP contribution in [0.2, 0.25) is 10.0 Å². The van der Waals surface area contributed by atoms with Crippen LogP contribution in [0.5, 0.6) is 0 Å². The van der Waals surface area contributed by atoms with Gasteiger partial charge in [0.05, 0.1) is 10.7 Å². The van der Waals surface area contributed by atoms with Gasteiger partial charge in [-0.1, -0.05) is 60.5 Å². The van der Waals surface area contributed by atoms with Gasteiger partial charge < -0.3 is 4.90 Å². The molecule has 3 aromatic rings. The van der Waals surface area contributed by atoms with Crippen LogP contribution in [0.3, 0.4) is 0 Å². The summed E-state index contributed by atoms with van der Waals surface area (Å²) >= 11 is 12.3. The first-order valence-electron chi connectivity index (χ1n) is 10.4. The molecule has 0 unspecified atom stereocenters. The molecule has 0 spiro atoms. The van der Waals surface area contributed by atoms with Gasteiger partial charge in [0.2, 0.25) is 10.0 Å². The first-order valence-corrected chi connectivity index (χ1v) is 12.6. The number of fused-ring (bicyclic) bond motifs is 1. The van der Waals surface area contributed by atoms with Crippen molar-refractivity contribution in [1.82, 2.24) is 14.3 Å². The van der Waals surface area contributed by atoms with Crippen LogP contribution in [0.25, 0.3) is 11.4 Å². The molecule has 0 N–H and O–H groups in total. The summed E-state index contributed by atoms with van der Waals surface area (Å²) in [4.78, 5) is 11.7. The standard InChI is InChI=1S/C23H24Cl2N4O2S/c1-3-12-28(2)23-18-15-29(32(30,31)21-14-17(24)9-10-19(21)25)13-11-20(18)26-22(27-23)16-7-5-4-6-8-16/h4-10,14H,3,11-13,15H2,1-2H3. The molecule has 1 aliphatic rings. The highest BCUT2D eigenvalue weighted by molar-refractivity contribution is 7.89. The number of hydrogen-bond donors (Lipinski definition) is 0. The average Bonchev–Trinajstić information content (AvgIpc) is 2.80. The van der Waals surface area contributed by atoms with E-state index in [4.69, 9.17) is 33.2 Å². The lowest BCUT2D eigenvalue weighted by atomic mass is 10.1. The van der Waals surface area contributed by atoms with E-state index in [1.165, 1.54) is 16.4 Å². The van der Waals surface area contributed by atoms with Gasteiger partial charge in [0, 0.05) is 49.3 Å². The van der Waals surface area contributed by atoms with E-state index < -0.39 is 10.0 Å². The van der Waals surface area contributed by atoms with Gasteiger partial charge in [-0.25, -0.2) is 18.4 Å². The second kappa shape index (κ2) is 9.35. The van der Waals surface area contributed by atoms with Crippen LogP contribution in [0.15, 0.2) is 53.4 Å². The predicted molar refractivity (Wildman–Crippen MR) is 129 cm³/mol. The monoisotopic (exact) mass is 490 g/mol. The van der Waals surface area contributed by atoms with Crippen LogP contribution in [-0.2, 0) is 23.0 Å². The maximum atomic E-state index is 13.4. The zero-order chi connectivity index (χ0) is 22.9. The Morgan fingerprint density at radius 3 is 2.56 bits per heavy atom. The van der Waals surface area contributed by atoms with Gasteiger partial charge in [-0.05, 0) is 24.6 Å². The molecule has 1 aromatic heterocycles. The summed E-state index contributed by atoms with van der Waals surface area (Å²) < 4.78 is 28.2. The third-order valence-corrected chi connectivity index (χ3v) is 8.03. The zero-order valence-electron chi connectivity index (χ0n) is 17.9. The molecule has 2 aromatic carbocycles. The van der Waals surface area contributed by atoms with Crippen molar-refractivity contribution in [3.8, 4) is 11.4 Å². The van der Waals surface area contributed by atoms with E-state index in [2.05, 4.69) is 11.8 Å². The maximum absolute atomic E-state index is 13.4. The Morgan fingerprint density at radius 1 is 1.09 bits per heavy atom.